The highest BCUT2D eigenvalue weighted by Crippen LogP contribution is 2.15. The standard InChI is InChI=1S/C21H24N2O7/c1-21(2,3)30-19(26)23-17(18(24)25)12-14-4-6-16(7-5-14)29-20(27)28-13-15-8-10-22-11-9-15/h4-11,17H,12-13H2,1-3H3,(H,23,26)(H,24,25)/t17-/m0/s1. The summed E-state index contributed by atoms with van der Waals surface area (Å²) in [6.07, 6.45) is 1.53. The van der Waals surface area contributed by atoms with Gasteiger partial charge in [-0.15, -0.1) is 0 Å². The Labute approximate surface area is 174 Å². The van der Waals surface area contributed by atoms with E-state index in [-0.39, 0.29) is 18.8 Å². The topological polar surface area (TPSA) is 124 Å². The number of aromatic nitrogens is 1. The van der Waals surface area contributed by atoms with Crippen LogP contribution in [-0.4, -0.2) is 40.0 Å². The number of carbonyl (C=O) groups is 3. The third-order valence-electron chi connectivity index (χ3n) is 3.66. The van der Waals surface area contributed by atoms with Gasteiger partial charge in [0, 0.05) is 18.8 Å². The van der Waals surface area contributed by atoms with Gasteiger partial charge in [0.25, 0.3) is 0 Å². The van der Waals surface area contributed by atoms with Crippen molar-refractivity contribution in [3.63, 3.8) is 0 Å². The summed E-state index contributed by atoms with van der Waals surface area (Å²) < 4.78 is 15.2. The molecular formula is C21H24N2O7. The minimum absolute atomic E-state index is 0.0291. The van der Waals surface area contributed by atoms with E-state index in [9.17, 15) is 19.5 Å². The molecule has 0 unspecified atom stereocenters. The van der Waals surface area contributed by atoms with E-state index in [0.717, 1.165) is 5.56 Å². The summed E-state index contributed by atoms with van der Waals surface area (Å²) >= 11 is 0. The van der Waals surface area contributed by atoms with E-state index in [1.54, 1.807) is 57.4 Å². The Kier molecular flexibility index (Phi) is 7.74. The number of nitrogens with zero attached hydrogens (tertiary/aromatic N) is 1. The van der Waals surface area contributed by atoms with Crippen molar-refractivity contribution in [3.05, 3.63) is 59.9 Å². The van der Waals surface area contributed by atoms with E-state index in [4.69, 9.17) is 14.2 Å². The molecule has 0 saturated heterocycles. The molecule has 0 spiro atoms. The Hall–Kier alpha value is -3.62. The van der Waals surface area contributed by atoms with Crippen molar-refractivity contribution in [1.82, 2.24) is 10.3 Å². The molecule has 0 bridgehead atoms. The van der Waals surface area contributed by atoms with Crippen molar-refractivity contribution >= 4 is 18.2 Å². The van der Waals surface area contributed by atoms with Gasteiger partial charge in [-0.3, -0.25) is 4.98 Å². The number of rotatable bonds is 7. The summed E-state index contributed by atoms with van der Waals surface area (Å²) in [6.45, 7) is 5.10. The van der Waals surface area contributed by atoms with Crippen LogP contribution in [0.4, 0.5) is 9.59 Å². The highest BCUT2D eigenvalue weighted by molar-refractivity contribution is 5.80. The average molecular weight is 416 g/mol. The molecule has 1 aromatic heterocycles. The van der Waals surface area contributed by atoms with E-state index < -0.39 is 29.9 Å². The van der Waals surface area contributed by atoms with E-state index in [1.165, 1.54) is 12.1 Å². The van der Waals surface area contributed by atoms with Crippen LogP contribution in [0, 0.1) is 0 Å². The SMILES string of the molecule is CC(C)(C)OC(=O)N[C@@H](Cc1ccc(OC(=O)OCc2ccncc2)cc1)C(=O)O. The zero-order valence-corrected chi connectivity index (χ0v) is 17.0. The number of carboxylic acids is 1. The lowest BCUT2D eigenvalue weighted by Crippen LogP contribution is -2.44. The number of alkyl carbamates (subject to hydrolysis) is 1. The number of aliphatic carboxylic acids is 1. The number of hydrogen-bond acceptors (Lipinski definition) is 7. The van der Waals surface area contributed by atoms with E-state index in [1.807, 2.05) is 0 Å². The van der Waals surface area contributed by atoms with Gasteiger partial charge in [-0.25, -0.2) is 14.4 Å². The van der Waals surface area contributed by atoms with Gasteiger partial charge in [-0.2, -0.15) is 0 Å². The molecule has 0 aliphatic rings. The molecule has 2 rings (SSSR count). The van der Waals surface area contributed by atoms with Gasteiger partial charge in [-0.05, 0) is 56.2 Å². The number of pyridine rings is 1. The third-order valence-corrected chi connectivity index (χ3v) is 3.66. The Morgan fingerprint density at radius 3 is 2.23 bits per heavy atom. The predicted molar refractivity (Wildman–Crippen MR) is 106 cm³/mol. The summed E-state index contributed by atoms with van der Waals surface area (Å²) in [5.41, 5.74) is 0.656. The molecule has 0 fully saturated rings. The Morgan fingerprint density at radius 2 is 1.67 bits per heavy atom. The maximum atomic E-state index is 11.8. The first-order valence-electron chi connectivity index (χ1n) is 9.17. The molecule has 0 radical (unpaired) electrons. The van der Waals surface area contributed by atoms with Crippen molar-refractivity contribution in [2.24, 2.45) is 0 Å². The third kappa shape index (κ3) is 8.17. The van der Waals surface area contributed by atoms with Crippen LogP contribution in [-0.2, 0) is 27.3 Å². The second-order valence-electron chi connectivity index (χ2n) is 7.38. The van der Waals surface area contributed by atoms with Gasteiger partial charge in [0.2, 0.25) is 0 Å². The normalized spacial score (nSPS) is 11.8. The fourth-order valence-electron chi connectivity index (χ4n) is 2.33. The van der Waals surface area contributed by atoms with Crippen LogP contribution in [0.15, 0.2) is 48.8 Å². The highest BCUT2D eigenvalue weighted by atomic mass is 16.7. The fourth-order valence-corrected chi connectivity index (χ4v) is 2.33. The van der Waals surface area contributed by atoms with Crippen LogP contribution >= 0.6 is 0 Å². The molecule has 1 heterocycles. The minimum atomic E-state index is -1.19. The minimum Gasteiger partial charge on any atom is -0.480 e. The van der Waals surface area contributed by atoms with Gasteiger partial charge in [0.05, 0.1) is 0 Å². The van der Waals surface area contributed by atoms with Crippen molar-refractivity contribution in [2.75, 3.05) is 0 Å². The van der Waals surface area contributed by atoms with Crippen molar-refractivity contribution in [3.8, 4) is 5.75 Å². The van der Waals surface area contributed by atoms with E-state index in [2.05, 4.69) is 10.3 Å². The predicted octanol–water partition coefficient (Wildman–Crippen LogP) is 3.32. The Morgan fingerprint density at radius 1 is 1.03 bits per heavy atom. The van der Waals surface area contributed by atoms with Gasteiger partial charge in [0.15, 0.2) is 0 Å². The zero-order chi connectivity index (χ0) is 22.1. The summed E-state index contributed by atoms with van der Waals surface area (Å²) in [5.74, 6) is -0.952. The van der Waals surface area contributed by atoms with Crippen molar-refractivity contribution in [2.45, 2.75) is 45.4 Å². The first-order valence-corrected chi connectivity index (χ1v) is 9.17. The van der Waals surface area contributed by atoms with Gasteiger partial charge < -0.3 is 24.6 Å². The summed E-state index contributed by atoms with van der Waals surface area (Å²) in [4.78, 5) is 38.9. The van der Waals surface area contributed by atoms with Gasteiger partial charge in [-0.1, -0.05) is 12.1 Å². The molecule has 9 heteroatoms. The molecule has 160 valence electrons. The number of hydrogen-bond donors (Lipinski definition) is 2. The molecule has 2 N–H and O–H groups in total. The molecule has 1 aromatic carbocycles. The summed E-state index contributed by atoms with van der Waals surface area (Å²) in [5, 5.41) is 11.7. The van der Waals surface area contributed by atoms with Crippen LogP contribution in [0.1, 0.15) is 31.9 Å². The smallest absolute Gasteiger partial charge is 0.480 e. The summed E-state index contributed by atoms with van der Waals surface area (Å²) in [6, 6.07) is 8.47. The number of carbonyl (C=O) groups excluding carboxylic acids is 2. The Bertz CT molecular complexity index is 861. The van der Waals surface area contributed by atoms with Crippen LogP contribution < -0.4 is 10.1 Å². The average Bonchev–Trinajstić information content (AvgIpc) is 2.66. The lowest BCUT2D eigenvalue weighted by atomic mass is 10.1. The second kappa shape index (κ2) is 10.2. The number of benzene rings is 1. The lowest BCUT2D eigenvalue weighted by Gasteiger charge is -2.22. The van der Waals surface area contributed by atoms with Crippen LogP contribution in [0.25, 0.3) is 0 Å². The largest absolute Gasteiger partial charge is 0.514 e. The first kappa shape index (κ1) is 22.7. The van der Waals surface area contributed by atoms with E-state index >= 15 is 0 Å². The molecule has 0 aliphatic carbocycles. The first-order chi connectivity index (χ1) is 14.1. The molecule has 30 heavy (non-hydrogen) atoms. The van der Waals surface area contributed by atoms with Crippen molar-refractivity contribution < 1.29 is 33.7 Å². The van der Waals surface area contributed by atoms with Gasteiger partial charge >= 0.3 is 18.2 Å². The second-order valence-corrected chi connectivity index (χ2v) is 7.38. The highest BCUT2D eigenvalue weighted by Gasteiger charge is 2.24. The molecule has 0 aliphatic heterocycles. The van der Waals surface area contributed by atoms with E-state index in [0.29, 0.717) is 5.56 Å². The van der Waals surface area contributed by atoms with Gasteiger partial charge in [0.1, 0.15) is 24.0 Å². The molecule has 2 aromatic rings. The van der Waals surface area contributed by atoms with Crippen LogP contribution in [0.5, 0.6) is 5.75 Å². The maximum Gasteiger partial charge on any atom is 0.514 e. The van der Waals surface area contributed by atoms with Crippen LogP contribution in [0.2, 0.25) is 0 Å². The van der Waals surface area contributed by atoms with Crippen molar-refractivity contribution in [1.29, 1.82) is 0 Å². The Balaban J connectivity index is 1.88. The lowest BCUT2D eigenvalue weighted by molar-refractivity contribution is -0.139. The molecule has 1 amide bonds. The quantitative estimate of drug-likeness (QED) is 0.520. The number of ether oxygens (including phenoxy) is 3. The number of carboxylic acid groups (broad SMARTS) is 1. The van der Waals surface area contributed by atoms with Crippen LogP contribution in [0.3, 0.4) is 0 Å². The molecular weight excluding hydrogens is 392 g/mol. The maximum absolute atomic E-state index is 11.8. The number of nitrogens with one attached hydrogen (secondary N) is 1. The monoisotopic (exact) mass is 416 g/mol. The number of amides is 1. The molecule has 1 atom stereocenters. The molecule has 9 nitrogen and oxygen atoms in total. The molecule has 0 saturated carbocycles. The summed E-state index contributed by atoms with van der Waals surface area (Å²) in [7, 11) is 0. The zero-order valence-electron chi connectivity index (χ0n) is 17.0. The fraction of sp³-hybridized carbons (Fsp3) is 0.333.